The summed E-state index contributed by atoms with van der Waals surface area (Å²) < 4.78 is 0. The Morgan fingerprint density at radius 1 is 0.769 bits per heavy atom. The van der Waals surface area contributed by atoms with Gasteiger partial charge in [-0.3, -0.25) is 0 Å². The van der Waals surface area contributed by atoms with Gasteiger partial charge in [-0.05, 0) is 43.5 Å². The van der Waals surface area contributed by atoms with Crippen LogP contribution in [0.1, 0.15) is 31.4 Å². The van der Waals surface area contributed by atoms with Gasteiger partial charge in [0, 0.05) is 5.69 Å². The van der Waals surface area contributed by atoms with Crippen LogP contribution in [0, 0.1) is 0 Å². The first-order chi connectivity index (χ1) is 12.7. The van der Waals surface area contributed by atoms with Gasteiger partial charge in [0.25, 0.3) is 0 Å². The lowest BCUT2D eigenvalue weighted by Crippen LogP contribution is -2.18. The van der Waals surface area contributed by atoms with Gasteiger partial charge in [-0.2, -0.15) is 0 Å². The van der Waals surface area contributed by atoms with Gasteiger partial charge < -0.3 is 4.90 Å². The SMILES string of the molecule is CC(C)=CC[C@@H]1N(c2ccccc2)C1(c1ccccc1)c1ccccc1. The van der Waals surface area contributed by atoms with E-state index >= 15 is 0 Å². The van der Waals surface area contributed by atoms with Crippen LogP contribution in [0.4, 0.5) is 5.69 Å². The molecule has 1 saturated heterocycles. The van der Waals surface area contributed by atoms with Crippen molar-refractivity contribution in [1.29, 1.82) is 0 Å². The van der Waals surface area contributed by atoms with E-state index in [-0.39, 0.29) is 5.54 Å². The van der Waals surface area contributed by atoms with Crippen molar-refractivity contribution in [3.63, 3.8) is 0 Å². The molecular formula is C25H25N. The van der Waals surface area contributed by atoms with Gasteiger partial charge in [-0.1, -0.05) is 90.5 Å². The second-order valence-corrected chi connectivity index (χ2v) is 7.24. The van der Waals surface area contributed by atoms with Crippen LogP contribution in [0.15, 0.2) is 103 Å². The van der Waals surface area contributed by atoms with E-state index in [1.54, 1.807) is 0 Å². The Kier molecular flexibility index (Phi) is 4.38. The van der Waals surface area contributed by atoms with Gasteiger partial charge in [0.15, 0.2) is 0 Å². The zero-order valence-corrected chi connectivity index (χ0v) is 15.5. The van der Waals surface area contributed by atoms with E-state index in [2.05, 4.69) is 116 Å². The van der Waals surface area contributed by atoms with E-state index < -0.39 is 0 Å². The van der Waals surface area contributed by atoms with Gasteiger partial charge >= 0.3 is 0 Å². The largest absolute Gasteiger partial charge is 0.349 e. The summed E-state index contributed by atoms with van der Waals surface area (Å²) in [5.41, 5.74) is 5.28. The number of hydrogen-bond acceptors (Lipinski definition) is 1. The van der Waals surface area contributed by atoms with Crippen LogP contribution in [0.3, 0.4) is 0 Å². The van der Waals surface area contributed by atoms with Crippen LogP contribution < -0.4 is 4.90 Å². The molecule has 0 aromatic heterocycles. The highest BCUT2D eigenvalue weighted by molar-refractivity contribution is 5.69. The first-order valence-electron chi connectivity index (χ1n) is 9.33. The Balaban J connectivity index is 1.89. The molecule has 1 aliphatic heterocycles. The Hall–Kier alpha value is -2.80. The molecule has 1 heteroatoms. The molecule has 0 bridgehead atoms. The second-order valence-electron chi connectivity index (χ2n) is 7.24. The lowest BCUT2D eigenvalue weighted by Gasteiger charge is -2.20. The number of rotatable bonds is 5. The van der Waals surface area contributed by atoms with Crippen molar-refractivity contribution in [2.45, 2.75) is 31.8 Å². The Labute approximate surface area is 156 Å². The molecule has 0 unspecified atom stereocenters. The zero-order chi connectivity index (χ0) is 18.0. The molecule has 26 heavy (non-hydrogen) atoms. The summed E-state index contributed by atoms with van der Waals surface area (Å²) in [5, 5.41) is 0. The van der Waals surface area contributed by atoms with Gasteiger partial charge in [0.1, 0.15) is 5.54 Å². The van der Waals surface area contributed by atoms with E-state index in [0.29, 0.717) is 6.04 Å². The van der Waals surface area contributed by atoms with Crippen molar-refractivity contribution in [3.8, 4) is 0 Å². The minimum atomic E-state index is -0.101. The molecule has 1 nitrogen and oxygen atoms in total. The van der Waals surface area contributed by atoms with Gasteiger partial charge in [0.2, 0.25) is 0 Å². The van der Waals surface area contributed by atoms with Crippen molar-refractivity contribution in [2.75, 3.05) is 4.90 Å². The summed E-state index contributed by atoms with van der Waals surface area (Å²) >= 11 is 0. The topological polar surface area (TPSA) is 3.01 Å². The fourth-order valence-corrected chi connectivity index (χ4v) is 4.16. The molecule has 130 valence electrons. The lowest BCUT2D eigenvalue weighted by molar-refractivity contribution is 0.776. The quantitative estimate of drug-likeness (QED) is 0.396. The summed E-state index contributed by atoms with van der Waals surface area (Å²) in [4.78, 5) is 2.58. The summed E-state index contributed by atoms with van der Waals surface area (Å²) in [7, 11) is 0. The number of hydrogen-bond donors (Lipinski definition) is 0. The molecule has 0 aliphatic carbocycles. The van der Waals surface area contributed by atoms with Crippen LogP contribution in [0.5, 0.6) is 0 Å². The van der Waals surface area contributed by atoms with Gasteiger partial charge in [-0.15, -0.1) is 0 Å². The third-order valence-electron chi connectivity index (χ3n) is 5.32. The van der Waals surface area contributed by atoms with Crippen LogP contribution in [0.2, 0.25) is 0 Å². The Morgan fingerprint density at radius 2 is 1.23 bits per heavy atom. The number of allylic oxidation sites excluding steroid dienone is 1. The summed E-state index contributed by atoms with van der Waals surface area (Å²) in [5.74, 6) is 0. The molecule has 3 aromatic carbocycles. The highest BCUT2D eigenvalue weighted by atomic mass is 15.4. The third-order valence-corrected chi connectivity index (χ3v) is 5.32. The Bertz CT molecular complexity index is 838. The summed E-state index contributed by atoms with van der Waals surface area (Å²) in [6.07, 6.45) is 3.41. The van der Waals surface area contributed by atoms with E-state index in [1.807, 2.05) is 0 Å². The molecular weight excluding hydrogens is 314 g/mol. The fraction of sp³-hybridized carbons (Fsp3) is 0.200. The highest BCUT2D eigenvalue weighted by Crippen LogP contribution is 2.58. The first kappa shape index (κ1) is 16.7. The minimum absolute atomic E-state index is 0.101. The standard InChI is InChI=1S/C25H25N/c1-20(2)18-19-24-25(21-12-6-3-7-13-21,22-14-8-4-9-15-22)26(24)23-16-10-5-11-17-23/h3-18,24H,19H2,1-2H3/t24-,26?/m0/s1. The Morgan fingerprint density at radius 3 is 1.69 bits per heavy atom. The van der Waals surface area contributed by atoms with Crippen LogP contribution in [0.25, 0.3) is 0 Å². The highest BCUT2D eigenvalue weighted by Gasteiger charge is 2.63. The van der Waals surface area contributed by atoms with Crippen molar-refractivity contribution < 1.29 is 0 Å². The molecule has 0 radical (unpaired) electrons. The minimum Gasteiger partial charge on any atom is -0.349 e. The molecule has 0 amide bonds. The molecule has 1 fully saturated rings. The lowest BCUT2D eigenvalue weighted by atomic mass is 9.86. The molecule has 1 atom stereocenters. The predicted octanol–water partition coefficient (Wildman–Crippen LogP) is 6.18. The number of benzene rings is 3. The van der Waals surface area contributed by atoms with Crippen molar-refractivity contribution in [2.24, 2.45) is 0 Å². The van der Waals surface area contributed by atoms with Gasteiger partial charge in [-0.25, -0.2) is 0 Å². The monoisotopic (exact) mass is 339 g/mol. The van der Waals surface area contributed by atoms with E-state index in [0.717, 1.165) is 6.42 Å². The second kappa shape index (κ2) is 6.84. The van der Waals surface area contributed by atoms with Gasteiger partial charge in [0.05, 0.1) is 6.04 Å². The van der Waals surface area contributed by atoms with E-state index in [4.69, 9.17) is 0 Å². The first-order valence-corrected chi connectivity index (χ1v) is 9.33. The molecule has 0 saturated carbocycles. The molecule has 3 aromatic rings. The van der Waals surface area contributed by atoms with E-state index in [9.17, 15) is 0 Å². The number of para-hydroxylation sites is 1. The maximum atomic E-state index is 2.58. The summed E-state index contributed by atoms with van der Waals surface area (Å²) in [6.45, 7) is 4.36. The van der Waals surface area contributed by atoms with Crippen LogP contribution in [-0.4, -0.2) is 6.04 Å². The van der Waals surface area contributed by atoms with Crippen molar-refractivity contribution in [1.82, 2.24) is 0 Å². The predicted molar refractivity (Wildman–Crippen MR) is 110 cm³/mol. The summed E-state index contributed by atoms with van der Waals surface area (Å²) in [6, 6.07) is 33.1. The number of nitrogens with zero attached hydrogens (tertiary/aromatic N) is 1. The normalized spacial score (nSPS) is 17.6. The van der Waals surface area contributed by atoms with Crippen molar-refractivity contribution in [3.05, 3.63) is 114 Å². The molecule has 0 spiro atoms. The maximum Gasteiger partial charge on any atom is 0.112 e. The average Bonchev–Trinajstić information content (AvgIpc) is 3.38. The fourth-order valence-electron chi connectivity index (χ4n) is 4.16. The zero-order valence-electron chi connectivity index (χ0n) is 15.5. The molecule has 0 N–H and O–H groups in total. The molecule has 1 heterocycles. The van der Waals surface area contributed by atoms with Crippen molar-refractivity contribution >= 4 is 5.69 Å². The average molecular weight is 339 g/mol. The van der Waals surface area contributed by atoms with Crippen LogP contribution in [-0.2, 0) is 5.54 Å². The number of anilines is 1. The van der Waals surface area contributed by atoms with E-state index in [1.165, 1.54) is 22.4 Å². The molecule has 1 aliphatic rings. The third kappa shape index (κ3) is 2.74. The maximum absolute atomic E-state index is 2.58. The molecule has 4 rings (SSSR count). The smallest absolute Gasteiger partial charge is 0.112 e. The van der Waals surface area contributed by atoms with Crippen LogP contribution >= 0.6 is 0 Å².